The Balaban J connectivity index is 1.50. The van der Waals surface area contributed by atoms with Crippen molar-refractivity contribution in [2.45, 2.75) is 51.6 Å². The number of aromatic nitrogens is 2. The standard InChI is InChI=1S/C29H28BrN3O2/c1-20-11-13-21(14-12-20)19-35-27-10-6-5-9-23(27)18-31-33-28(22-7-3-2-4-8-22)32-26-16-15-24(30)17-25(26)29(33)34/h5-6,9-18,22H,2-4,7-8,19H2,1H3. The van der Waals surface area contributed by atoms with Gasteiger partial charge in [0.2, 0.25) is 0 Å². The summed E-state index contributed by atoms with van der Waals surface area (Å²) in [7, 11) is 0. The van der Waals surface area contributed by atoms with Gasteiger partial charge in [0, 0.05) is 16.0 Å². The highest BCUT2D eigenvalue weighted by Crippen LogP contribution is 2.32. The first-order valence-corrected chi connectivity index (χ1v) is 12.9. The van der Waals surface area contributed by atoms with E-state index in [0.717, 1.165) is 52.9 Å². The predicted molar refractivity (Wildman–Crippen MR) is 144 cm³/mol. The molecule has 1 aliphatic rings. The van der Waals surface area contributed by atoms with Gasteiger partial charge in [0.05, 0.1) is 17.1 Å². The van der Waals surface area contributed by atoms with E-state index in [0.29, 0.717) is 17.5 Å². The molecule has 0 N–H and O–H groups in total. The first kappa shape index (κ1) is 23.5. The van der Waals surface area contributed by atoms with Crippen LogP contribution in [0.3, 0.4) is 0 Å². The highest BCUT2D eigenvalue weighted by Gasteiger charge is 2.22. The number of ether oxygens (including phenoxy) is 1. The number of fused-ring (bicyclic) bond motifs is 1. The van der Waals surface area contributed by atoms with Crippen LogP contribution in [0.25, 0.3) is 10.9 Å². The normalized spacial score (nSPS) is 14.6. The Hall–Kier alpha value is -3.25. The maximum absolute atomic E-state index is 13.5. The Labute approximate surface area is 213 Å². The third kappa shape index (κ3) is 5.38. The van der Waals surface area contributed by atoms with Crippen LogP contribution in [0.1, 0.15) is 60.5 Å². The molecule has 0 saturated heterocycles. The van der Waals surface area contributed by atoms with Crippen molar-refractivity contribution in [2.75, 3.05) is 0 Å². The van der Waals surface area contributed by atoms with Crippen LogP contribution in [0.2, 0.25) is 0 Å². The van der Waals surface area contributed by atoms with E-state index in [-0.39, 0.29) is 11.5 Å². The lowest BCUT2D eigenvalue weighted by Crippen LogP contribution is -2.25. The average Bonchev–Trinajstić information content (AvgIpc) is 2.89. The van der Waals surface area contributed by atoms with E-state index in [9.17, 15) is 4.79 Å². The predicted octanol–water partition coefficient (Wildman–Crippen LogP) is 6.98. The third-order valence-electron chi connectivity index (χ3n) is 6.55. The van der Waals surface area contributed by atoms with Gasteiger partial charge in [-0.1, -0.05) is 77.2 Å². The number of nitrogens with zero attached hydrogens (tertiary/aromatic N) is 3. The zero-order valence-corrected chi connectivity index (χ0v) is 21.4. The zero-order chi connectivity index (χ0) is 24.2. The molecule has 1 aromatic heterocycles. The van der Waals surface area contributed by atoms with Crippen LogP contribution in [0.15, 0.2) is 81.1 Å². The minimum absolute atomic E-state index is 0.147. The van der Waals surface area contributed by atoms with Gasteiger partial charge < -0.3 is 4.74 Å². The zero-order valence-electron chi connectivity index (χ0n) is 19.8. The number of aryl methyl sites for hydroxylation is 1. The molecule has 1 saturated carbocycles. The minimum atomic E-state index is -0.147. The lowest BCUT2D eigenvalue weighted by molar-refractivity contribution is 0.306. The summed E-state index contributed by atoms with van der Waals surface area (Å²) < 4.78 is 8.46. The molecule has 0 bridgehead atoms. The molecule has 35 heavy (non-hydrogen) atoms. The molecule has 0 atom stereocenters. The molecule has 178 valence electrons. The van der Waals surface area contributed by atoms with E-state index >= 15 is 0 Å². The molecule has 1 fully saturated rings. The van der Waals surface area contributed by atoms with Crippen LogP contribution < -0.4 is 10.3 Å². The summed E-state index contributed by atoms with van der Waals surface area (Å²) >= 11 is 3.48. The van der Waals surface area contributed by atoms with Crippen LogP contribution >= 0.6 is 15.9 Å². The fraction of sp³-hybridized carbons (Fsp3) is 0.276. The summed E-state index contributed by atoms with van der Waals surface area (Å²) in [6.45, 7) is 2.53. The number of para-hydroxylation sites is 1. The second kappa shape index (κ2) is 10.6. The Kier molecular flexibility index (Phi) is 7.09. The van der Waals surface area contributed by atoms with Gasteiger partial charge in [-0.15, -0.1) is 0 Å². The van der Waals surface area contributed by atoms with Gasteiger partial charge >= 0.3 is 0 Å². The van der Waals surface area contributed by atoms with Gasteiger partial charge in [0.25, 0.3) is 5.56 Å². The van der Waals surface area contributed by atoms with E-state index in [1.165, 1.54) is 16.7 Å². The van der Waals surface area contributed by atoms with Gasteiger partial charge in [-0.25, -0.2) is 4.98 Å². The van der Waals surface area contributed by atoms with E-state index in [1.54, 1.807) is 6.21 Å². The second-order valence-electron chi connectivity index (χ2n) is 9.14. The fourth-order valence-corrected chi connectivity index (χ4v) is 4.95. The van der Waals surface area contributed by atoms with Gasteiger partial charge in [-0.3, -0.25) is 4.79 Å². The molecule has 4 aromatic rings. The maximum Gasteiger partial charge on any atom is 0.282 e. The molecule has 3 aromatic carbocycles. The molecule has 5 rings (SSSR count). The number of hydrogen-bond donors (Lipinski definition) is 0. The smallest absolute Gasteiger partial charge is 0.282 e. The topological polar surface area (TPSA) is 56.5 Å². The molecule has 1 aliphatic carbocycles. The highest BCUT2D eigenvalue weighted by atomic mass is 79.9. The Morgan fingerprint density at radius 3 is 2.63 bits per heavy atom. The van der Waals surface area contributed by atoms with Crippen molar-refractivity contribution in [3.63, 3.8) is 0 Å². The molecule has 0 aliphatic heterocycles. The first-order valence-electron chi connectivity index (χ1n) is 12.1. The van der Waals surface area contributed by atoms with E-state index < -0.39 is 0 Å². The molecule has 0 amide bonds. The van der Waals surface area contributed by atoms with Crippen LogP contribution in [-0.2, 0) is 6.61 Å². The van der Waals surface area contributed by atoms with E-state index in [1.807, 2.05) is 42.5 Å². The van der Waals surface area contributed by atoms with Gasteiger partial charge in [0.1, 0.15) is 18.2 Å². The van der Waals surface area contributed by atoms with Crippen molar-refractivity contribution in [3.05, 3.63) is 104 Å². The first-order chi connectivity index (χ1) is 17.1. The summed E-state index contributed by atoms with van der Waals surface area (Å²) in [5, 5.41) is 5.24. The number of rotatable bonds is 6. The fourth-order valence-electron chi connectivity index (χ4n) is 4.59. The van der Waals surface area contributed by atoms with Crippen LogP contribution in [-0.4, -0.2) is 15.9 Å². The van der Waals surface area contributed by atoms with Crippen molar-refractivity contribution in [1.82, 2.24) is 9.66 Å². The van der Waals surface area contributed by atoms with Crippen LogP contribution in [0.4, 0.5) is 0 Å². The SMILES string of the molecule is Cc1ccc(COc2ccccc2C=Nn2c(C3CCCCC3)nc3ccc(Br)cc3c2=O)cc1. The molecular weight excluding hydrogens is 502 g/mol. The molecule has 6 heteroatoms. The largest absolute Gasteiger partial charge is 0.488 e. The molecule has 1 heterocycles. The molecular formula is C29H28BrN3O2. The van der Waals surface area contributed by atoms with Crippen molar-refractivity contribution in [3.8, 4) is 5.75 Å². The van der Waals surface area contributed by atoms with Gasteiger partial charge in [-0.05, 0) is 55.7 Å². The number of benzene rings is 3. The van der Waals surface area contributed by atoms with E-state index in [4.69, 9.17) is 9.72 Å². The molecule has 5 nitrogen and oxygen atoms in total. The number of halogens is 1. The lowest BCUT2D eigenvalue weighted by Gasteiger charge is -2.22. The highest BCUT2D eigenvalue weighted by molar-refractivity contribution is 9.10. The van der Waals surface area contributed by atoms with Crippen molar-refractivity contribution >= 4 is 33.0 Å². The average molecular weight is 530 g/mol. The monoisotopic (exact) mass is 529 g/mol. The van der Waals surface area contributed by atoms with E-state index in [2.05, 4.69) is 52.2 Å². The second-order valence-corrected chi connectivity index (χ2v) is 10.1. The Morgan fingerprint density at radius 1 is 1.06 bits per heavy atom. The van der Waals surface area contributed by atoms with Gasteiger partial charge in [-0.2, -0.15) is 9.78 Å². The third-order valence-corrected chi connectivity index (χ3v) is 7.04. The summed E-state index contributed by atoms with van der Waals surface area (Å²) in [5.41, 5.74) is 3.70. The Bertz CT molecular complexity index is 1420. The molecule has 0 spiro atoms. The van der Waals surface area contributed by atoms with Crippen molar-refractivity contribution < 1.29 is 4.74 Å². The van der Waals surface area contributed by atoms with Crippen molar-refractivity contribution in [2.24, 2.45) is 5.10 Å². The summed E-state index contributed by atoms with van der Waals surface area (Å²) in [4.78, 5) is 18.5. The lowest BCUT2D eigenvalue weighted by atomic mass is 9.88. The number of hydrogen-bond acceptors (Lipinski definition) is 4. The van der Waals surface area contributed by atoms with Crippen LogP contribution in [0, 0.1) is 6.92 Å². The molecule has 0 radical (unpaired) electrons. The molecule has 0 unspecified atom stereocenters. The summed E-state index contributed by atoms with van der Waals surface area (Å²) in [5.74, 6) is 1.70. The minimum Gasteiger partial charge on any atom is -0.488 e. The van der Waals surface area contributed by atoms with Crippen molar-refractivity contribution in [1.29, 1.82) is 0 Å². The summed E-state index contributed by atoms with van der Waals surface area (Å²) in [6.07, 6.45) is 7.30. The quantitative estimate of drug-likeness (QED) is 0.253. The maximum atomic E-state index is 13.5. The van der Waals surface area contributed by atoms with Crippen LogP contribution in [0.5, 0.6) is 5.75 Å². The van der Waals surface area contributed by atoms with Gasteiger partial charge in [0.15, 0.2) is 0 Å². The summed E-state index contributed by atoms with van der Waals surface area (Å²) in [6, 6.07) is 21.7. The Morgan fingerprint density at radius 2 is 1.83 bits per heavy atom.